The lowest BCUT2D eigenvalue weighted by molar-refractivity contribution is -0.130. The SMILES string of the molecule is C=C(Br)/C(OC(=O)OC(C)(C)C)=C(\C)C(=O)Oc1ccccc1. The topological polar surface area (TPSA) is 61.8 Å². The standard InChI is InChI=1S/C17H19BrO5/c1-11(15(19)21-13-9-7-6-8-10-13)14(12(2)18)22-16(20)23-17(3,4)5/h6-10H,2H2,1,3-5H3/b14-11-. The molecule has 0 heterocycles. The summed E-state index contributed by atoms with van der Waals surface area (Å²) in [6, 6.07) is 8.56. The van der Waals surface area contributed by atoms with E-state index in [1.54, 1.807) is 51.1 Å². The molecule has 0 spiro atoms. The van der Waals surface area contributed by atoms with Gasteiger partial charge in [0.1, 0.15) is 11.4 Å². The Morgan fingerprint density at radius 2 is 1.70 bits per heavy atom. The van der Waals surface area contributed by atoms with Crippen LogP contribution in [0.3, 0.4) is 0 Å². The summed E-state index contributed by atoms with van der Waals surface area (Å²) in [7, 11) is 0. The van der Waals surface area contributed by atoms with Crippen LogP contribution in [0.1, 0.15) is 27.7 Å². The van der Waals surface area contributed by atoms with Crippen molar-refractivity contribution < 1.29 is 23.8 Å². The fraction of sp³-hybridized carbons (Fsp3) is 0.294. The number of para-hydroxylation sites is 1. The molecule has 1 aromatic carbocycles. The lowest BCUT2D eigenvalue weighted by atomic mass is 10.2. The number of benzene rings is 1. The zero-order valence-electron chi connectivity index (χ0n) is 13.5. The Balaban J connectivity index is 2.92. The number of ether oxygens (including phenoxy) is 3. The van der Waals surface area contributed by atoms with Crippen molar-refractivity contribution in [3.05, 3.63) is 52.7 Å². The van der Waals surface area contributed by atoms with Crippen LogP contribution < -0.4 is 4.74 Å². The summed E-state index contributed by atoms with van der Waals surface area (Å²) in [6.07, 6.45) is -0.931. The molecule has 23 heavy (non-hydrogen) atoms. The van der Waals surface area contributed by atoms with Crippen LogP contribution in [-0.4, -0.2) is 17.7 Å². The van der Waals surface area contributed by atoms with E-state index >= 15 is 0 Å². The highest BCUT2D eigenvalue weighted by molar-refractivity contribution is 9.11. The van der Waals surface area contributed by atoms with E-state index in [9.17, 15) is 9.59 Å². The highest BCUT2D eigenvalue weighted by Crippen LogP contribution is 2.23. The van der Waals surface area contributed by atoms with Gasteiger partial charge in [0.05, 0.1) is 10.1 Å². The first-order valence-corrected chi connectivity index (χ1v) is 7.63. The lowest BCUT2D eigenvalue weighted by Gasteiger charge is -2.19. The number of esters is 1. The van der Waals surface area contributed by atoms with E-state index in [0.717, 1.165) is 0 Å². The summed E-state index contributed by atoms with van der Waals surface area (Å²) in [6.45, 7) is 10.2. The minimum absolute atomic E-state index is 0.0415. The van der Waals surface area contributed by atoms with Gasteiger partial charge in [0, 0.05) is 0 Å². The Morgan fingerprint density at radius 1 is 1.13 bits per heavy atom. The van der Waals surface area contributed by atoms with E-state index < -0.39 is 17.7 Å². The van der Waals surface area contributed by atoms with Crippen LogP contribution in [0.15, 0.2) is 52.7 Å². The first kappa shape index (κ1) is 19.0. The molecule has 0 saturated heterocycles. The molecule has 0 aromatic heterocycles. The number of hydrogen-bond donors (Lipinski definition) is 0. The Kier molecular flexibility index (Phi) is 6.57. The molecule has 0 bridgehead atoms. The summed E-state index contributed by atoms with van der Waals surface area (Å²) in [5.41, 5.74) is -0.629. The molecular formula is C17H19BrO5. The molecular weight excluding hydrogens is 364 g/mol. The van der Waals surface area contributed by atoms with Crippen LogP contribution in [0.2, 0.25) is 0 Å². The van der Waals surface area contributed by atoms with E-state index in [1.165, 1.54) is 6.92 Å². The number of carbonyl (C=O) groups is 2. The van der Waals surface area contributed by atoms with E-state index in [1.807, 2.05) is 0 Å². The molecule has 0 radical (unpaired) electrons. The maximum atomic E-state index is 12.2. The van der Waals surface area contributed by atoms with Gasteiger partial charge in [0.15, 0.2) is 5.76 Å². The number of hydrogen-bond acceptors (Lipinski definition) is 5. The fourth-order valence-electron chi connectivity index (χ4n) is 1.45. The van der Waals surface area contributed by atoms with Crippen molar-refractivity contribution in [3.63, 3.8) is 0 Å². The fourth-order valence-corrected chi connectivity index (χ4v) is 1.83. The van der Waals surface area contributed by atoms with Crippen LogP contribution in [0, 0.1) is 0 Å². The van der Waals surface area contributed by atoms with Gasteiger partial charge < -0.3 is 14.2 Å². The zero-order valence-corrected chi connectivity index (χ0v) is 15.1. The predicted octanol–water partition coefficient (Wildman–Crippen LogP) is 4.73. The monoisotopic (exact) mass is 382 g/mol. The third kappa shape index (κ3) is 6.69. The second kappa shape index (κ2) is 7.97. The average Bonchev–Trinajstić information content (AvgIpc) is 2.43. The average molecular weight is 383 g/mol. The number of allylic oxidation sites excluding steroid dienone is 1. The summed E-state index contributed by atoms with van der Waals surface area (Å²) < 4.78 is 15.6. The van der Waals surface area contributed by atoms with Crippen LogP contribution in [0.25, 0.3) is 0 Å². The van der Waals surface area contributed by atoms with Gasteiger partial charge in [-0.2, -0.15) is 0 Å². The van der Waals surface area contributed by atoms with Crippen molar-refractivity contribution in [1.82, 2.24) is 0 Å². The minimum atomic E-state index is -0.931. The second-order valence-electron chi connectivity index (χ2n) is 5.63. The molecule has 5 nitrogen and oxygen atoms in total. The Bertz CT molecular complexity index is 626. The molecule has 0 N–H and O–H groups in total. The van der Waals surface area contributed by atoms with E-state index in [-0.39, 0.29) is 15.8 Å². The van der Waals surface area contributed by atoms with Crippen LogP contribution >= 0.6 is 15.9 Å². The molecule has 0 aliphatic heterocycles. The van der Waals surface area contributed by atoms with E-state index in [2.05, 4.69) is 22.5 Å². The summed E-state index contributed by atoms with van der Waals surface area (Å²) in [5.74, 6) is -0.316. The van der Waals surface area contributed by atoms with E-state index in [4.69, 9.17) is 14.2 Å². The van der Waals surface area contributed by atoms with Crippen molar-refractivity contribution in [1.29, 1.82) is 0 Å². The lowest BCUT2D eigenvalue weighted by Crippen LogP contribution is -2.25. The molecule has 124 valence electrons. The van der Waals surface area contributed by atoms with Crippen molar-refractivity contribution in [3.8, 4) is 5.75 Å². The minimum Gasteiger partial charge on any atom is -0.428 e. The smallest absolute Gasteiger partial charge is 0.428 e. The quantitative estimate of drug-likeness (QED) is 0.247. The van der Waals surface area contributed by atoms with E-state index in [0.29, 0.717) is 5.75 Å². The molecule has 0 atom stereocenters. The molecule has 0 saturated carbocycles. The van der Waals surface area contributed by atoms with Crippen molar-refractivity contribution >= 4 is 28.1 Å². The Labute approximate surface area is 144 Å². The third-order valence-electron chi connectivity index (χ3n) is 2.42. The third-order valence-corrected chi connectivity index (χ3v) is 2.78. The Morgan fingerprint density at radius 3 is 2.17 bits per heavy atom. The molecule has 0 amide bonds. The zero-order chi connectivity index (χ0) is 17.6. The van der Waals surface area contributed by atoms with Crippen molar-refractivity contribution in [2.75, 3.05) is 0 Å². The summed E-state index contributed by atoms with van der Waals surface area (Å²) in [5, 5.41) is 0. The molecule has 0 fully saturated rings. The Hall–Kier alpha value is -2.08. The maximum Gasteiger partial charge on any atom is 0.514 e. The van der Waals surface area contributed by atoms with Crippen molar-refractivity contribution in [2.45, 2.75) is 33.3 Å². The van der Waals surface area contributed by atoms with Gasteiger partial charge in [-0.1, -0.05) is 24.8 Å². The second-order valence-corrected chi connectivity index (χ2v) is 6.59. The van der Waals surface area contributed by atoms with Crippen LogP contribution in [0.5, 0.6) is 5.75 Å². The van der Waals surface area contributed by atoms with Gasteiger partial charge in [-0.05, 0) is 55.8 Å². The highest BCUT2D eigenvalue weighted by atomic mass is 79.9. The normalized spacial score (nSPS) is 12.0. The van der Waals surface area contributed by atoms with Gasteiger partial charge in [-0.25, -0.2) is 9.59 Å². The summed E-state index contributed by atoms with van der Waals surface area (Å²) in [4.78, 5) is 23.9. The van der Waals surface area contributed by atoms with Gasteiger partial charge in [-0.15, -0.1) is 0 Å². The first-order chi connectivity index (χ1) is 10.6. The van der Waals surface area contributed by atoms with Crippen molar-refractivity contribution in [2.24, 2.45) is 0 Å². The van der Waals surface area contributed by atoms with Gasteiger partial charge >= 0.3 is 12.1 Å². The molecule has 6 heteroatoms. The predicted molar refractivity (Wildman–Crippen MR) is 90.2 cm³/mol. The van der Waals surface area contributed by atoms with Crippen LogP contribution in [0.4, 0.5) is 4.79 Å². The summed E-state index contributed by atoms with van der Waals surface area (Å²) >= 11 is 3.11. The van der Waals surface area contributed by atoms with Crippen LogP contribution in [-0.2, 0) is 14.3 Å². The molecule has 0 unspecified atom stereocenters. The largest absolute Gasteiger partial charge is 0.514 e. The van der Waals surface area contributed by atoms with Gasteiger partial charge in [0.25, 0.3) is 0 Å². The van der Waals surface area contributed by atoms with Gasteiger partial charge in [0.2, 0.25) is 0 Å². The maximum absolute atomic E-state index is 12.2. The molecule has 1 rings (SSSR count). The number of carbonyl (C=O) groups excluding carboxylic acids is 2. The first-order valence-electron chi connectivity index (χ1n) is 6.84. The molecule has 0 aliphatic rings. The molecule has 0 aliphatic carbocycles. The molecule has 1 aromatic rings. The number of halogens is 1. The highest BCUT2D eigenvalue weighted by Gasteiger charge is 2.23. The number of rotatable bonds is 4. The van der Waals surface area contributed by atoms with Gasteiger partial charge in [-0.3, -0.25) is 0 Å².